The van der Waals surface area contributed by atoms with Crippen molar-refractivity contribution >= 4 is 28.8 Å². The Morgan fingerprint density at radius 3 is 2.48 bits per heavy atom. The molecule has 0 aliphatic rings. The topological polar surface area (TPSA) is 29.5 Å². The Labute approximate surface area is 156 Å². The van der Waals surface area contributed by atoms with Crippen LogP contribution in [0.5, 0.6) is 5.75 Å². The van der Waals surface area contributed by atoms with Crippen LogP contribution < -0.4 is 4.74 Å². The van der Waals surface area contributed by atoms with Crippen LogP contribution in [0.2, 0.25) is 5.02 Å². The van der Waals surface area contributed by atoms with Gasteiger partial charge in [-0.05, 0) is 29.1 Å². The van der Waals surface area contributed by atoms with E-state index < -0.39 is 0 Å². The monoisotopic (exact) mass is 371 g/mol. The molecule has 0 fully saturated rings. The van der Waals surface area contributed by atoms with E-state index in [0.29, 0.717) is 23.7 Å². The van der Waals surface area contributed by atoms with Crippen molar-refractivity contribution in [3.8, 4) is 5.75 Å². The van der Waals surface area contributed by atoms with E-state index in [1.807, 2.05) is 53.9 Å². The predicted octanol–water partition coefficient (Wildman–Crippen LogP) is 5.25. The minimum absolute atomic E-state index is 0.0927. The molecule has 0 saturated heterocycles. The van der Waals surface area contributed by atoms with E-state index in [9.17, 15) is 4.79 Å². The molecule has 1 heterocycles. The van der Waals surface area contributed by atoms with Gasteiger partial charge in [-0.1, -0.05) is 54.1 Å². The molecule has 128 valence electrons. The molecule has 25 heavy (non-hydrogen) atoms. The van der Waals surface area contributed by atoms with E-state index in [1.54, 1.807) is 35.5 Å². The Morgan fingerprint density at radius 2 is 1.76 bits per heavy atom. The number of hydrogen-bond acceptors (Lipinski definition) is 3. The van der Waals surface area contributed by atoms with Crippen LogP contribution in [0, 0.1) is 0 Å². The molecule has 0 unspecified atom stereocenters. The number of thiophene rings is 1. The number of carbonyl (C=O) groups excluding carboxylic acids is 1. The molecular formula is C20H18ClNO2S. The number of halogens is 1. The van der Waals surface area contributed by atoms with E-state index in [1.165, 1.54) is 0 Å². The Balaban J connectivity index is 1.91. The lowest BCUT2D eigenvalue weighted by Crippen LogP contribution is -2.30. The van der Waals surface area contributed by atoms with Crippen LogP contribution in [0.3, 0.4) is 0 Å². The molecule has 3 nitrogen and oxygen atoms in total. The molecule has 0 spiro atoms. The fourth-order valence-corrected chi connectivity index (χ4v) is 3.68. The summed E-state index contributed by atoms with van der Waals surface area (Å²) in [5.41, 5.74) is 1.58. The highest BCUT2D eigenvalue weighted by molar-refractivity contribution is 7.10. The molecule has 0 aliphatic carbocycles. The zero-order valence-electron chi connectivity index (χ0n) is 13.8. The van der Waals surface area contributed by atoms with Crippen molar-refractivity contribution in [2.24, 2.45) is 0 Å². The number of amides is 1. The molecule has 0 bridgehead atoms. The second-order valence-corrected chi connectivity index (χ2v) is 6.95. The zero-order valence-corrected chi connectivity index (χ0v) is 15.4. The van der Waals surface area contributed by atoms with Crippen LogP contribution in [-0.2, 0) is 13.1 Å². The number of carbonyl (C=O) groups is 1. The maximum atomic E-state index is 13.1. The number of nitrogens with zero attached hydrogens (tertiary/aromatic N) is 1. The van der Waals surface area contributed by atoms with Crippen molar-refractivity contribution in [1.82, 2.24) is 4.90 Å². The van der Waals surface area contributed by atoms with Crippen LogP contribution >= 0.6 is 22.9 Å². The first kappa shape index (κ1) is 17.5. The number of ether oxygens (including phenoxy) is 1. The van der Waals surface area contributed by atoms with Gasteiger partial charge >= 0.3 is 0 Å². The Hall–Kier alpha value is -2.30. The van der Waals surface area contributed by atoms with Gasteiger partial charge in [0.1, 0.15) is 5.75 Å². The fourth-order valence-electron chi connectivity index (χ4n) is 2.61. The number of hydrogen-bond donors (Lipinski definition) is 0. The van der Waals surface area contributed by atoms with Crippen LogP contribution in [0.15, 0.2) is 66.0 Å². The molecule has 0 N–H and O–H groups in total. The molecule has 0 aliphatic heterocycles. The smallest absolute Gasteiger partial charge is 0.255 e. The van der Waals surface area contributed by atoms with Gasteiger partial charge in [0.15, 0.2) is 0 Å². The normalized spacial score (nSPS) is 10.5. The zero-order chi connectivity index (χ0) is 17.6. The van der Waals surface area contributed by atoms with E-state index in [-0.39, 0.29) is 5.91 Å². The molecule has 0 radical (unpaired) electrons. The summed E-state index contributed by atoms with van der Waals surface area (Å²) in [6.45, 7) is 0.978. The van der Waals surface area contributed by atoms with E-state index in [0.717, 1.165) is 16.2 Å². The van der Waals surface area contributed by atoms with Crippen molar-refractivity contribution in [3.05, 3.63) is 87.1 Å². The molecule has 0 atom stereocenters. The number of rotatable bonds is 6. The average Bonchev–Trinajstić information content (AvgIpc) is 3.09. The Kier molecular flexibility index (Phi) is 5.74. The molecule has 1 aromatic heterocycles. The fraction of sp³-hybridized carbons (Fsp3) is 0.150. The van der Waals surface area contributed by atoms with Gasteiger partial charge in [-0.15, -0.1) is 11.3 Å². The van der Waals surface area contributed by atoms with Crippen molar-refractivity contribution < 1.29 is 9.53 Å². The lowest BCUT2D eigenvalue weighted by Gasteiger charge is -2.23. The summed E-state index contributed by atoms with van der Waals surface area (Å²) in [5, 5.41) is 2.43. The third kappa shape index (κ3) is 4.21. The molecule has 5 heteroatoms. The summed E-state index contributed by atoms with van der Waals surface area (Å²) < 4.78 is 5.39. The van der Waals surface area contributed by atoms with Crippen LogP contribution in [0.25, 0.3) is 0 Å². The van der Waals surface area contributed by atoms with E-state index in [2.05, 4.69) is 0 Å². The Bertz CT molecular complexity index is 848. The molecule has 1 amide bonds. The minimum atomic E-state index is -0.0927. The van der Waals surface area contributed by atoms with Gasteiger partial charge in [0.05, 0.1) is 29.1 Å². The van der Waals surface area contributed by atoms with E-state index in [4.69, 9.17) is 16.3 Å². The molecule has 2 aromatic carbocycles. The third-order valence-electron chi connectivity index (χ3n) is 3.87. The molecular weight excluding hydrogens is 354 g/mol. The Morgan fingerprint density at radius 1 is 1.04 bits per heavy atom. The lowest BCUT2D eigenvalue weighted by atomic mass is 10.1. The van der Waals surface area contributed by atoms with Crippen LogP contribution in [-0.4, -0.2) is 17.9 Å². The van der Waals surface area contributed by atoms with Gasteiger partial charge < -0.3 is 9.64 Å². The highest BCUT2D eigenvalue weighted by atomic mass is 35.5. The van der Waals surface area contributed by atoms with Gasteiger partial charge in [0.25, 0.3) is 5.91 Å². The summed E-state index contributed by atoms with van der Waals surface area (Å²) in [6, 6.07) is 19.0. The third-order valence-corrected chi connectivity index (χ3v) is 5.08. The largest absolute Gasteiger partial charge is 0.496 e. The summed E-state index contributed by atoms with van der Waals surface area (Å²) in [7, 11) is 1.64. The maximum absolute atomic E-state index is 13.1. The maximum Gasteiger partial charge on any atom is 0.255 e. The van der Waals surface area contributed by atoms with Crippen LogP contribution in [0.4, 0.5) is 0 Å². The SMILES string of the molecule is COc1ccsc1CN(Cc1ccccc1)C(=O)c1ccccc1Cl. The second-order valence-electron chi connectivity index (χ2n) is 5.54. The van der Waals surface area contributed by atoms with Crippen molar-refractivity contribution in [3.63, 3.8) is 0 Å². The van der Waals surface area contributed by atoms with Gasteiger partial charge in [0, 0.05) is 6.54 Å². The first-order chi connectivity index (χ1) is 12.2. The van der Waals surface area contributed by atoms with Crippen molar-refractivity contribution in [2.45, 2.75) is 13.1 Å². The van der Waals surface area contributed by atoms with E-state index >= 15 is 0 Å². The first-order valence-corrected chi connectivity index (χ1v) is 9.13. The summed E-state index contributed by atoms with van der Waals surface area (Å²) in [6.07, 6.45) is 0. The first-order valence-electron chi connectivity index (χ1n) is 7.87. The average molecular weight is 372 g/mol. The highest BCUT2D eigenvalue weighted by Gasteiger charge is 2.20. The summed E-state index contributed by atoms with van der Waals surface area (Å²) in [5.74, 6) is 0.708. The standard InChI is InChI=1S/C20H18ClNO2S/c1-24-18-11-12-25-19(18)14-22(13-15-7-3-2-4-8-15)20(23)16-9-5-6-10-17(16)21/h2-12H,13-14H2,1H3. The minimum Gasteiger partial charge on any atom is -0.496 e. The van der Waals surface area contributed by atoms with Crippen LogP contribution in [0.1, 0.15) is 20.8 Å². The lowest BCUT2D eigenvalue weighted by molar-refractivity contribution is 0.0731. The number of methoxy groups -OCH3 is 1. The molecule has 3 rings (SSSR count). The molecule has 0 saturated carbocycles. The van der Waals surface area contributed by atoms with Crippen molar-refractivity contribution in [2.75, 3.05) is 7.11 Å². The summed E-state index contributed by atoms with van der Waals surface area (Å²) >= 11 is 7.81. The predicted molar refractivity (Wildman–Crippen MR) is 102 cm³/mol. The number of benzene rings is 2. The quantitative estimate of drug-likeness (QED) is 0.592. The van der Waals surface area contributed by atoms with Gasteiger partial charge in [-0.25, -0.2) is 0 Å². The van der Waals surface area contributed by atoms with Gasteiger partial charge in [-0.2, -0.15) is 0 Å². The highest BCUT2D eigenvalue weighted by Crippen LogP contribution is 2.28. The second kappa shape index (κ2) is 8.19. The van der Waals surface area contributed by atoms with Crippen molar-refractivity contribution in [1.29, 1.82) is 0 Å². The van der Waals surface area contributed by atoms with Gasteiger partial charge in [0.2, 0.25) is 0 Å². The molecule has 3 aromatic rings. The van der Waals surface area contributed by atoms with Gasteiger partial charge in [-0.3, -0.25) is 4.79 Å². The summed E-state index contributed by atoms with van der Waals surface area (Å²) in [4.78, 5) is 15.9.